The summed E-state index contributed by atoms with van der Waals surface area (Å²) in [4.78, 5) is 24.1. The minimum atomic E-state index is -0.0485. The normalized spacial score (nSPS) is 19.4. The minimum absolute atomic E-state index is 0.0485. The third kappa shape index (κ3) is 5.45. The molecule has 0 radical (unpaired) electrons. The van der Waals surface area contributed by atoms with Gasteiger partial charge in [-0.2, -0.15) is 0 Å². The lowest BCUT2D eigenvalue weighted by molar-refractivity contribution is 0.0948. The Hall–Kier alpha value is -1.57. The fourth-order valence-electron chi connectivity index (χ4n) is 2.24. The van der Waals surface area contributed by atoms with E-state index in [2.05, 4.69) is 10.6 Å². The highest BCUT2D eigenvalue weighted by atomic mass is 33.1. The van der Waals surface area contributed by atoms with E-state index in [1.807, 2.05) is 36.4 Å². The van der Waals surface area contributed by atoms with Crippen molar-refractivity contribution in [2.24, 2.45) is 0 Å². The molecule has 0 aromatic heterocycles. The summed E-state index contributed by atoms with van der Waals surface area (Å²) in [5, 5.41) is 5.94. The van der Waals surface area contributed by atoms with Crippen LogP contribution in [0, 0.1) is 0 Å². The molecule has 7 heteroatoms. The van der Waals surface area contributed by atoms with Crippen LogP contribution >= 0.6 is 33.3 Å². The molecule has 4 nitrogen and oxygen atoms in total. The molecule has 2 aromatic rings. The van der Waals surface area contributed by atoms with Crippen LogP contribution in [0.15, 0.2) is 60.7 Å². The molecule has 130 valence electrons. The Kier molecular flexibility index (Phi) is 6.72. The third-order valence-electron chi connectivity index (χ3n) is 3.50. The van der Waals surface area contributed by atoms with Crippen molar-refractivity contribution in [1.29, 1.82) is 0 Å². The minimum Gasteiger partial charge on any atom is -0.350 e. The summed E-state index contributed by atoms with van der Waals surface area (Å²) in [6.45, 7) is 1.22. The summed E-state index contributed by atoms with van der Waals surface area (Å²) in [7, 11) is 3.50. The molecule has 0 aliphatic carbocycles. The second-order valence-corrected chi connectivity index (χ2v) is 10.0. The zero-order valence-corrected chi connectivity index (χ0v) is 15.8. The van der Waals surface area contributed by atoms with E-state index < -0.39 is 0 Å². The second-order valence-electron chi connectivity index (χ2n) is 5.34. The van der Waals surface area contributed by atoms with Gasteiger partial charge in [0.2, 0.25) is 0 Å². The van der Waals surface area contributed by atoms with Crippen LogP contribution in [0.1, 0.15) is 20.7 Å². The zero-order valence-electron chi connectivity index (χ0n) is 13.4. The van der Waals surface area contributed by atoms with Crippen molar-refractivity contribution in [2.75, 3.05) is 13.1 Å². The fourth-order valence-corrected chi connectivity index (χ4v) is 7.65. The maximum atomic E-state index is 12.1. The number of hydrogen-bond donors (Lipinski definition) is 2. The van der Waals surface area contributed by atoms with E-state index in [9.17, 15) is 9.59 Å². The van der Waals surface area contributed by atoms with Gasteiger partial charge in [0.15, 0.2) is 0 Å². The van der Waals surface area contributed by atoms with Gasteiger partial charge in [0.1, 0.15) is 0 Å². The van der Waals surface area contributed by atoms with Gasteiger partial charge in [0.25, 0.3) is 11.8 Å². The van der Waals surface area contributed by atoms with Crippen LogP contribution in [-0.4, -0.2) is 34.1 Å². The van der Waals surface area contributed by atoms with Gasteiger partial charge >= 0.3 is 0 Å². The first kappa shape index (κ1) is 18.2. The highest BCUT2D eigenvalue weighted by Crippen LogP contribution is 2.50. The summed E-state index contributed by atoms with van der Waals surface area (Å²) in [5.41, 5.74) is 1.35. The monoisotopic (exact) mass is 390 g/mol. The Morgan fingerprint density at radius 3 is 1.52 bits per heavy atom. The van der Waals surface area contributed by atoms with E-state index >= 15 is 0 Å². The van der Waals surface area contributed by atoms with Crippen molar-refractivity contribution < 1.29 is 9.59 Å². The third-order valence-corrected chi connectivity index (χ3v) is 9.02. The van der Waals surface area contributed by atoms with Gasteiger partial charge in [0, 0.05) is 24.2 Å². The molecule has 1 aliphatic rings. The SMILES string of the molecule is O=C(NC[C@H]1SS[C@H](CNC(=O)c2ccccc2)S1)c1ccccc1. The first-order valence-electron chi connectivity index (χ1n) is 7.86. The number of amides is 2. The van der Waals surface area contributed by atoms with Gasteiger partial charge in [0.05, 0.1) is 9.16 Å². The highest BCUT2D eigenvalue weighted by molar-refractivity contribution is 8.82. The van der Waals surface area contributed by atoms with Crippen molar-refractivity contribution in [3.63, 3.8) is 0 Å². The number of nitrogens with one attached hydrogen (secondary N) is 2. The molecule has 1 fully saturated rings. The zero-order chi connectivity index (χ0) is 17.5. The Labute approximate surface area is 159 Å². The van der Waals surface area contributed by atoms with Gasteiger partial charge in [-0.25, -0.2) is 0 Å². The number of carbonyl (C=O) groups excluding carboxylic acids is 2. The van der Waals surface area contributed by atoms with Crippen molar-refractivity contribution in [2.45, 2.75) is 9.16 Å². The molecule has 2 aromatic carbocycles. The second kappa shape index (κ2) is 9.22. The Morgan fingerprint density at radius 1 is 0.720 bits per heavy atom. The maximum absolute atomic E-state index is 12.1. The predicted octanol–water partition coefficient (Wildman–Crippen LogP) is 3.63. The van der Waals surface area contributed by atoms with Gasteiger partial charge in [-0.1, -0.05) is 58.0 Å². The topological polar surface area (TPSA) is 58.2 Å². The largest absolute Gasteiger partial charge is 0.350 e. The fraction of sp³-hybridized carbons (Fsp3) is 0.222. The summed E-state index contributed by atoms with van der Waals surface area (Å²) < 4.78 is 0.576. The molecule has 0 saturated carbocycles. The summed E-state index contributed by atoms with van der Waals surface area (Å²) >= 11 is 1.78. The number of benzene rings is 2. The molecule has 3 rings (SSSR count). The molecule has 1 saturated heterocycles. The Bertz CT molecular complexity index is 651. The summed E-state index contributed by atoms with van der Waals surface area (Å²) in [5.74, 6) is -0.0970. The average molecular weight is 391 g/mol. The average Bonchev–Trinajstić information content (AvgIpc) is 3.13. The lowest BCUT2D eigenvalue weighted by atomic mass is 10.2. The molecule has 2 N–H and O–H groups in total. The van der Waals surface area contributed by atoms with E-state index in [0.29, 0.717) is 24.2 Å². The molecule has 0 spiro atoms. The van der Waals surface area contributed by atoms with Crippen LogP contribution in [0.2, 0.25) is 0 Å². The van der Waals surface area contributed by atoms with E-state index in [1.165, 1.54) is 0 Å². The van der Waals surface area contributed by atoms with Crippen LogP contribution < -0.4 is 10.6 Å². The van der Waals surface area contributed by atoms with Crippen molar-refractivity contribution in [3.8, 4) is 0 Å². The number of carbonyl (C=O) groups is 2. The number of rotatable bonds is 6. The van der Waals surface area contributed by atoms with E-state index in [0.717, 1.165) is 0 Å². The Balaban J connectivity index is 1.39. The van der Waals surface area contributed by atoms with Crippen LogP contribution in [0.5, 0.6) is 0 Å². The molecular formula is C18H18N2O2S3. The molecule has 0 bridgehead atoms. The van der Waals surface area contributed by atoms with Crippen LogP contribution in [0.4, 0.5) is 0 Å². The molecule has 1 heterocycles. The predicted molar refractivity (Wildman–Crippen MR) is 108 cm³/mol. The van der Waals surface area contributed by atoms with Crippen LogP contribution in [-0.2, 0) is 0 Å². The molecule has 1 aliphatic heterocycles. The quantitative estimate of drug-likeness (QED) is 0.738. The molecule has 0 unspecified atom stereocenters. The van der Waals surface area contributed by atoms with Crippen LogP contribution in [0.3, 0.4) is 0 Å². The van der Waals surface area contributed by atoms with E-state index in [4.69, 9.17) is 0 Å². The first-order chi connectivity index (χ1) is 12.2. The molecule has 25 heavy (non-hydrogen) atoms. The van der Waals surface area contributed by atoms with Crippen molar-refractivity contribution in [1.82, 2.24) is 10.6 Å². The van der Waals surface area contributed by atoms with Gasteiger partial charge < -0.3 is 10.6 Å². The number of thioether (sulfide) groups is 1. The van der Waals surface area contributed by atoms with Crippen molar-refractivity contribution >= 4 is 45.2 Å². The highest BCUT2D eigenvalue weighted by Gasteiger charge is 2.27. The first-order valence-corrected chi connectivity index (χ1v) is 11.1. The lowest BCUT2D eigenvalue weighted by Gasteiger charge is -2.11. The Morgan fingerprint density at radius 2 is 1.12 bits per heavy atom. The van der Waals surface area contributed by atoms with Crippen molar-refractivity contribution in [3.05, 3.63) is 71.8 Å². The van der Waals surface area contributed by atoms with E-state index in [-0.39, 0.29) is 21.0 Å². The molecule has 2 atom stereocenters. The van der Waals surface area contributed by atoms with Gasteiger partial charge in [-0.15, -0.1) is 11.8 Å². The van der Waals surface area contributed by atoms with Gasteiger partial charge in [-0.3, -0.25) is 9.59 Å². The van der Waals surface area contributed by atoms with E-state index in [1.54, 1.807) is 57.6 Å². The molecular weight excluding hydrogens is 372 g/mol. The summed E-state index contributed by atoms with van der Waals surface area (Å²) in [6.07, 6.45) is 0. The van der Waals surface area contributed by atoms with Crippen LogP contribution in [0.25, 0.3) is 0 Å². The summed E-state index contributed by atoms with van der Waals surface area (Å²) in [6, 6.07) is 18.4. The number of hydrogen-bond acceptors (Lipinski definition) is 5. The standard InChI is InChI=1S/C18H18N2O2S3/c21-17(13-7-3-1-4-8-13)19-11-15-23-16(25-24-15)12-20-18(22)14-9-5-2-6-10-14/h1-10,15-16H,11-12H2,(H,19,21)(H,20,22)/t15-,16-/m1/s1. The molecule has 2 amide bonds. The van der Waals surface area contributed by atoms with Gasteiger partial charge in [-0.05, 0) is 24.3 Å². The maximum Gasteiger partial charge on any atom is 0.251 e. The lowest BCUT2D eigenvalue weighted by Crippen LogP contribution is -2.30. The smallest absolute Gasteiger partial charge is 0.251 e.